The fourth-order valence-electron chi connectivity index (χ4n) is 3.76. The van der Waals surface area contributed by atoms with Crippen LogP contribution in [0.2, 0.25) is 0 Å². The van der Waals surface area contributed by atoms with Gasteiger partial charge < -0.3 is 0 Å². The number of nitroso groups, excluding NO2 is 1. The van der Waals surface area contributed by atoms with Crippen molar-refractivity contribution in [3.8, 4) is 0 Å². The summed E-state index contributed by atoms with van der Waals surface area (Å²) in [5.41, 5.74) is 4.45. The molecule has 3 aromatic rings. The van der Waals surface area contributed by atoms with Crippen LogP contribution in [0.1, 0.15) is 29.7 Å². The maximum Gasteiger partial charge on any atom is 0.108 e. The Bertz CT molecular complexity index is 898. The molecule has 0 saturated carbocycles. The molecule has 3 heteroatoms. The minimum atomic E-state index is 0.331. The van der Waals surface area contributed by atoms with E-state index in [-0.39, 0.29) is 0 Å². The van der Waals surface area contributed by atoms with Gasteiger partial charge in [0, 0.05) is 19.1 Å². The molecule has 1 aliphatic rings. The van der Waals surface area contributed by atoms with E-state index >= 15 is 0 Å². The molecular formula is C21H20N2O. The van der Waals surface area contributed by atoms with Gasteiger partial charge in [-0.25, -0.2) is 0 Å². The topological polar surface area (TPSA) is 32.7 Å². The van der Waals surface area contributed by atoms with E-state index in [1.807, 2.05) is 18.2 Å². The summed E-state index contributed by atoms with van der Waals surface area (Å²) in [6.45, 7) is 4.17. The average Bonchev–Trinajstić information content (AvgIpc) is 2.66. The highest BCUT2D eigenvalue weighted by molar-refractivity contribution is 5.86. The molecule has 3 nitrogen and oxygen atoms in total. The Hall–Kier alpha value is -2.52. The average molecular weight is 316 g/mol. The summed E-state index contributed by atoms with van der Waals surface area (Å²) in [6.07, 6.45) is 1.02. The Morgan fingerprint density at radius 3 is 2.71 bits per heavy atom. The number of nitrogens with zero attached hydrogens (tertiary/aromatic N) is 2. The van der Waals surface area contributed by atoms with Gasteiger partial charge in [-0.2, -0.15) is 0 Å². The van der Waals surface area contributed by atoms with Crippen LogP contribution in [-0.4, -0.2) is 11.4 Å². The van der Waals surface area contributed by atoms with Crippen molar-refractivity contribution in [1.29, 1.82) is 0 Å². The van der Waals surface area contributed by atoms with Crippen LogP contribution in [0.15, 0.2) is 65.8 Å². The zero-order chi connectivity index (χ0) is 16.5. The molecule has 1 aliphatic heterocycles. The van der Waals surface area contributed by atoms with Crippen LogP contribution in [0.4, 0.5) is 5.69 Å². The van der Waals surface area contributed by atoms with Crippen LogP contribution < -0.4 is 0 Å². The molecule has 3 aromatic carbocycles. The predicted octanol–water partition coefficient (Wildman–Crippen LogP) is 5.36. The molecule has 0 saturated heterocycles. The van der Waals surface area contributed by atoms with Gasteiger partial charge in [-0.3, -0.25) is 4.90 Å². The van der Waals surface area contributed by atoms with Crippen molar-refractivity contribution in [2.75, 3.05) is 6.54 Å². The number of rotatable bonds is 3. The molecule has 0 bridgehead atoms. The normalized spacial score (nSPS) is 15.9. The molecule has 0 spiro atoms. The van der Waals surface area contributed by atoms with Crippen molar-refractivity contribution in [2.24, 2.45) is 5.18 Å². The van der Waals surface area contributed by atoms with E-state index in [1.165, 1.54) is 27.5 Å². The first-order valence-corrected chi connectivity index (χ1v) is 8.43. The van der Waals surface area contributed by atoms with E-state index in [9.17, 15) is 4.91 Å². The SMILES string of the molecule is CC(c1cccc2ccccc12)N1CCc2ccc(N=O)cc2C1. The van der Waals surface area contributed by atoms with Crippen molar-refractivity contribution < 1.29 is 0 Å². The summed E-state index contributed by atoms with van der Waals surface area (Å²) in [7, 11) is 0. The molecule has 1 heterocycles. The third-order valence-electron chi connectivity index (χ3n) is 5.16. The third-order valence-corrected chi connectivity index (χ3v) is 5.16. The highest BCUT2D eigenvalue weighted by atomic mass is 16.3. The number of fused-ring (bicyclic) bond motifs is 2. The molecule has 1 unspecified atom stereocenters. The first-order valence-electron chi connectivity index (χ1n) is 8.43. The van der Waals surface area contributed by atoms with E-state index < -0.39 is 0 Å². The fraction of sp³-hybridized carbons (Fsp3) is 0.238. The quantitative estimate of drug-likeness (QED) is 0.610. The summed E-state index contributed by atoms with van der Waals surface area (Å²) in [5.74, 6) is 0. The number of hydrogen-bond acceptors (Lipinski definition) is 3. The fourth-order valence-corrected chi connectivity index (χ4v) is 3.76. The van der Waals surface area contributed by atoms with Crippen LogP contribution >= 0.6 is 0 Å². The second-order valence-electron chi connectivity index (χ2n) is 6.51. The van der Waals surface area contributed by atoms with Gasteiger partial charge in [0.1, 0.15) is 5.69 Å². The zero-order valence-corrected chi connectivity index (χ0v) is 13.8. The molecule has 0 fully saturated rings. The van der Waals surface area contributed by atoms with Gasteiger partial charge in [-0.15, -0.1) is 4.91 Å². The van der Waals surface area contributed by atoms with Gasteiger partial charge in [0.2, 0.25) is 0 Å². The molecule has 4 rings (SSSR count). The summed E-state index contributed by atoms with van der Waals surface area (Å²) >= 11 is 0. The summed E-state index contributed by atoms with van der Waals surface area (Å²) in [6, 6.07) is 21.2. The van der Waals surface area contributed by atoms with E-state index in [0.717, 1.165) is 19.5 Å². The first-order chi connectivity index (χ1) is 11.8. The van der Waals surface area contributed by atoms with Crippen LogP contribution in [0, 0.1) is 4.91 Å². The summed E-state index contributed by atoms with van der Waals surface area (Å²) in [4.78, 5) is 13.3. The summed E-state index contributed by atoms with van der Waals surface area (Å²) < 4.78 is 0. The number of benzene rings is 3. The lowest BCUT2D eigenvalue weighted by Gasteiger charge is -2.34. The van der Waals surface area contributed by atoms with Gasteiger partial charge in [0.25, 0.3) is 0 Å². The Labute approximate surface area is 141 Å². The Balaban J connectivity index is 1.67. The standard InChI is InChI=1S/C21H20N2O/c1-15(20-8-4-6-17-5-2-3-7-21(17)20)23-12-11-16-9-10-19(22-24)13-18(16)14-23/h2-10,13,15H,11-12,14H2,1H3. The van der Waals surface area contributed by atoms with E-state index in [4.69, 9.17) is 0 Å². The van der Waals surface area contributed by atoms with Gasteiger partial charge in [0.15, 0.2) is 0 Å². The molecule has 24 heavy (non-hydrogen) atoms. The lowest BCUT2D eigenvalue weighted by molar-refractivity contribution is 0.193. The monoisotopic (exact) mass is 316 g/mol. The lowest BCUT2D eigenvalue weighted by Crippen LogP contribution is -2.32. The molecule has 0 aliphatic carbocycles. The van der Waals surface area contributed by atoms with Crippen molar-refractivity contribution in [3.63, 3.8) is 0 Å². The minimum Gasteiger partial charge on any atom is -0.292 e. The maximum atomic E-state index is 10.8. The summed E-state index contributed by atoms with van der Waals surface area (Å²) in [5, 5.41) is 5.68. The number of hydrogen-bond donors (Lipinski definition) is 0. The Morgan fingerprint density at radius 1 is 1.00 bits per heavy atom. The van der Waals surface area contributed by atoms with Crippen LogP contribution in [0.3, 0.4) is 0 Å². The van der Waals surface area contributed by atoms with E-state index in [0.29, 0.717) is 11.7 Å². The highest BCUT2D eigenvalue weighted by Gasteiger charge is 2.23. The van der Waals surface area contributed by atoms with Gasteiger partial charge in [-0.05, 0) is 58.1 Å². The first kappa shape index (κ1) is 15.0. The second kappa shape index (κ2) is 6.17. The third kappa shape index (κ3) is 2.61. The molecular weight excluding hydrogens is 296 g/mol. The highest BCUT2D eigenvalue weighted by Crippen LogP contribution is 2.32. The van der Waals surface area contributed by atoms with Crippen molar-refractivity contribution in [3.05, 3.63) is 82.3 Å². The van der Waals surface area contributed by atoms with E-state index in [2.05, 4.69) is 59.5 Å². The van der Waals surface area contributed by atoms with Crippen LogP contribution in [0.25, 0.3) is 10.8 Å². The molecule has 0 radical (unpaired) electrons. The van der Waals surface area contributed by atoms with Gasteiger partial charge in [-0.1, -0.05) is 48.5 Å². The lowest BCUT2D eigenvalue weighted by atomic mass is 9.94. The smallest absolute Gasteiger partial charge is 0.108 e. The predicted molar refractivity (Wildman–Crippen MR) is 98.4 cm³/mol. The van der Waals surface area contributed by atoms with Crippen molar-refractivity contribution in [2.45, 2.75) is 25.9 Å². The van der Waals surface area contributed by atoms with Crippen molar-refractivity contribution >= 4 is 16.5 Å². The maximum absolute atomic E-state index is 10.8. The Kier molecular flexibility index (Phi) is 3.87. The van der Waals surface area contributed by atoms with Crippen LogP contribution in [0.5, 0.6) is 0 Å². The molecule has 120 valence electrons. The minimum absolute atomic E-state index is 0.331. The van der Waals surface area contributed by atoms with E-state index in [1.54, 1.807) is 0 Å². The molecule has 0 amide bonds. The van der Waals surface area contributed by atoms with Gasteiger partial charge in [0.05, 0.1) is 0 Å². The molecule has 0 N–H and O–H groups in total. The van der Waals surface area contributed by atoms with Gasteiger partial charge >= 0.3 is 0 Å². The second-order valence-corrected chi connectivity index (χ2v) is 6.51. The zero-order valence-electron chi connectivity index (χ0n) is 13.8. The Morgan fingerprint density at radius 2 is 1.83 bits per heavy atom. The van der Waals surface area contributed by atoms with Crippen molar-refractivity contribution in [1.82, 2.24) is 4.90 Å². The molecule has 0 aromatic heterocycles. The largest absolute Gasteiger partial charge is 0.292 e. The molecule has 1 atom stereocenters. The van der Waals surface area contributed by atoms with Crippen LogP contribution in [-0.2, 0) is 13.0 Å².